The molecule has 0 radical (unpaired) electrons. The van der Waals surface area contributed by atoms with Gasteiger partial charge in [-0.25, -0.2) is 8.70 Å². The van der Waals surface area contributed by atoms with Crippen LogP contribution in [0.1, 0.15) is 17.3 Å². The third kappa shape index (κ3) is 4.87. The summed E-state index contributed by atoms with van der Waals surface area (Å²) < 4.78 is 19.1. The first kappa shape index (κ1) is 18.1. The third-order valence-corrected chi connectivity index (χ3v) is 3.93. The number of anilines is 1. The van der Waals surface area contributed by atoms with E-state index >= 15 is 0 Å². The molecule has 0 aromatic heterocycles. The molecule has 0 atom stereocenters. The maximum absolute atomic E-state index is 14.2. The Hall–Kier alpha value is -2.25. The van der Waals surface area contributed by atoms with E-state index in [1.807, 2.05) is 37.5 Å². The van der Waals surface area contributed by atoms with Crippen LogP contribution >= 0.6 is 12.1 Å². The molecule has 0 saturated heterocycles. The van der Waals surface area contributed by atoms with Gasteiger partial charge in [0.1, 0.15) is 5.82 Å². The van der Waals surface area contributed by atoms with E-state index in [0.29, 0.717) is 17.9 Å². The molecule has 0 aliphatic carbocycles. The zero-order valence-electron chi connectivity index (χ0n) is 13.9. The molecule has 1 aliphatic heterocycles. The summed E-state index contributed by atoms with van der Waals surface area (Å²) in [6.45, 7) is 2.31. The quantitative estimate of drug-likeness (QED) is 0.562. The largest absolute Gasteiger partial charge is 0.374 e. The molecule has 7 heteroatoms. The molecule has 1 aliphatic rings. The van der Waals surface area contributed by atoms with E-state index in [0.717, 1.165) is 5.57 Å². The van der Waals surface area contributed by atoms with Gasteiger partial charge in [-0.1, -0.05) is 6.08 Å². The van der Waals surface area contributed by atoms with Crippen LogP contribution in [0.3, 0.4) is 0 Å². The van der Waals surface area contributed by atoms with E-state index in [4.69, 9.17) is 0 Å². The first-order valence-electron chi connectivity index (χ1n) is 7.44. The average Bonchev–Trinajstić information content (AvgIpc) is 2.65. The van der Waals surface area contributed by atoms with Gasteiger partial charge in [0.25, 0.3) is 0 Å². The lowest BCUT2D eigenvalue weighted by atomic mass is 9.97. The molecule has 3 N–H and O–H groups in total. The summed E-state index contributed by atoms with van der Waals surface area (Å²) in [5.41, 5.74) is 1.89. The standard InChI is InChI=1S/C17H21FN4OS/c1-12-5-4-8-19-11-20-10-15(12)17(23)14-9-13(6-7-16(14)18)21-24-22(2)3/h4-10,19-21H,11H2,1-3H3/b8-4-,12-5+,15-10+. The number of benzene rings is 1. The van der Waals surface area contributed by atoms with Crippen LogP contribution < -0.4 is 15.4 Å². The van der Waals surface area contributed by atoms with Crippen molar-refractivity contribution in [3.63, 3.8) is 0 Å². The summed E-state index contributed by atoms with van der Waals surface area (Å²) in [7, 11) is 3.77. The van der Waals surface area contributed by atoms with Crippen molar-refractivity contribution in [2.45, 2.75) is 6.92 Å². The van der Waals surface area contributed by atoms with Crippen molar-refractivity contribution in [2.75, 3.05) is 25.5 Å². The minimum atomic E-state index is -0.539. The van der Waals surface area contributed by atoms with Crippen molar-refractivity contribution < 1.29 is 9.18 Å². The number of rotatable bonds is 5. The zero-order valence-corrected chi connectivity index (χ0v) is 14.7. The van der Waals surface area contributed by atoms with Gasteiger partial charge in [0.2, 0.25) is 0 Å². The minimum Gasteiger partial charge on any atom is -0.374 e. The third-order valence-electron chi connectivity index (χ3n) is 3.24. The van der Waals surface area contributed by atoms with Gasteiger partial charge < -0.3 is 15.4 Å². The molecule has 0 unspecified atom stereocenters. The van der Waals surface area contributed by atoms with Crippen LogP contribution in [0.5, 0.6) is 0 Å². The smallest absolute Gasteiger partial charge is 0.197 e. The molecule has 24 heavy (non-hydrogen) atoms. The second-order valence-electron chi connectivity index (χ2n) is 5.38. The summed E-state index contributed by atoms with van der Waals surface area (Å²) in [6, 6.07) is 4.44. The minimum absolute atomic E-state index is 0.0383. The predicted molar refractivity (Wildman–Crippen MR) is 97.7 cm³/mol. The van der Waals surface area contributed by atoms with Crippen LogP contribution in [0, 0.1) is 5.82 Å². The summed E-state index contributed by atoms with van der Waals surface area (Å²) in [4.78, 5) is 12.8. The van der Waals surface area contributed by atoms with Gasteiger partial charge in [-0.05, 0) is 57.1 Å². The van der Waals surface area contributed by atoms with Crippen LogP contribution in [0.25, 0.3) is 0 Å². The lowest BCUT2D eigenvalue weighted by Crippen LogP contribution is -2.21. The highest BCUT2D eigenvalue weighted by Gasteiger charge is 2.18. The highest BCUT2D eigenvalue weighted by molar-refractivity contribution is 7.98. The molecule has 1 aromatic rings. The van der Waals surface area contributed by atoms with Crippen molar-refractivity contribution >= 4 is 23.6 Å². The molecule has 1 aromatic carbocycles. The SMILES string of the molecule is CC1=C\C=C/NCN/C=C\1C(=O)c1cc(NSN(C)C)ccc1F. The lowest BCUT2D eigenvalue weighted by Gasteiger charge is -2.13. The highest BCUT2D eigenvalue weighted by Crippen LogP contribution is 2.23. The molecule has 0 amide bonds. The van der Waals surface area contributed by atoms with Crippen LogP contribution in [0.2, 0.25) is 0 Å². The van der Waals surface area contributed by atoms with Crippen LogP contribution in [-0.4, -0.2) is 30.9 Å². The monoisotopic (exact) mass is 348 g/mol. The summed E-state index contributed by atoms with van der Waals surface area (Å²) in [6.07, 6.45) is 7.01. The van der Waals surface area contributed by atoms with E-state index in [1.54, 1.807) is 18.5 Å². The van der Waals surface area contributed by atoms with E-state index in [1.165, 1.54) is 24.3 Å². The Morgan fingerprint density at radius 3 is 2.88 bits per heavy atom. The number of ketones is 1. The van der Waals surface area contributed by atoms with Gasteiger partial charge in [0.05, 0.1) is 12.2 Å². The number of nitrogens with one attached hydrogen (secondary N) is 3. The van der Waals surface area contributed by atoms with Crippen molar-refractivity contribution in [3.8, 4) is 0 Å². The molecule has 0 bridgehead atoms. The average molecular weight is 348 g/mol. The molecule has 128 valence electrons. The molecule has 0 spiro atoms. The van der Waals surface area contributed by atoms with Gasteiger partial charge in [0, 0.05) is 29.6 Å². The Balaban J connectivity index is 2.31. The van der Waals surface area contributed by atoms with Gasteiger partial charge in [-0.3, -0.25) is 4.79 Å². The number of nitrogens with zero attached hydrogens (tertiary/aromatic N) is 1. The van der Waals surface area contributed by atoms with E-state index < -0.39 is 5.82 Å². The molecule has 2 rings (SSSR count). The van der Waals surface area contributed by atoms with Gasteiger partial charge >= 0.3 is 0 Å². The summed E-state index contributed by atoms with van der Waals surface area (Å²) in [5.74, 6) is -0.898. The Morgan fingerprint density at radius 2 is 2.12 bits per heavy atom. The molecule has 5 nitrogen and oxygen atoms in total. The maximum atomic E-state index is 14.2. The Bertz CT molecular complexity index is 698. The molecule has 0 fully saturated rings. The van der Waals surface area contributed by atoms with Crippen molar-refractivity contribution in [1.29, 1.82) is 0 Å². The molecular formula is C17H21FN4OS. The van der Waals surface area contributed by atoms with Gasteiger partial charge in [0.15, 0.2) is 5.78 Å². The van der Waals surface area contributed by atoms with Crippen LogP contribution in [0.4, 0.5) is 10.1 Å². The first-order valence-corrected chi connectivity index (χ1v) is 8.21. The lowest BCUT2D eigenvalue weighted by molar-refractivity contribution is 0.103. The zero-order chi connectivity index (χ0) is 17.5. The second kappa shape index (κ2) is 8.56. The van der Waals surface area contributed by atoms with Gasteiger partial charge in [-0.2, -0.15) is 0 Å². The number of carbonyl (C=O) groups is 1. The van der Waals surface area contributed by atoms with E-state index in [-0.39, 0.29) is 11.3 Å². The molecule has 1 heterocycles. The summed E-state index contributed by atoms with van der Waals surface area (Å²) >= 11 is 1.35. The fraction of sp³-hybridized carbons (Fsp3) is 0.235. The maximum Gasteiger partial charge on any atom is 0.197 e. The first-order chi connectivity index (χ1) is 11.5. The fourth-order valence-corrected chi connectivity index (χ4v) is 2.45. The number of hydrogen-bond donors (Lipinski definition) is 3. The Morgan fingerprint density at radius 1 is 1.33 bits per heavy atom. The fourth-order valence-electron chi connectivity index (χ4n) is 2.03. The van der Waals surface area contributed by atoms with Gasteiger partial charge in [-0.15, -0.1) is 0 Å². The second-order valence-corrected chi connectivity index (χ2v) is 6.50. The number of carbonyl (C=O) groups excluding carboxylic acids is 1. The van der Waals surface area contributed by atoms with Crippen LogP contribution in [0.15, 0.2) is 53.9 Å². The topological polar surface area (TPSA) is 56.4 Å². The number of Topliss-reactive ketones (excluding diaryl/α,β-unsaturated/α-hetero) is 1. The predicted octanol–water partition coefficient (Wildman–Crippen LogP) is 3.04. The normalized spacial score (nSPS) is 20.2. The number of allylic oxidation sites excluding steroid dienone is 4. The highest BCUT2D eigenvalue weighted by atomic mass is 32.2. The van der Waals surface area contributed by atoms with Crippen molar-refractivity contribution in [2.24, 2.45) is 0 Å². The van der Waals surface area contributed by atoms with E-state index in [2.05, 4.69) is 15.4 Å². The van der Waals surface area contributed by atoms with Crippen molar-refractivity contribution in [1.82, 2.24) is 14.9 Å². The van der Waals surface area contributed by atoms with E-state index in [9.17, 15) is 9.18 Å². The molecule has 0 saturated carbocycles. The van der Waals surface area contributed by atoms with Crippen molar-refractivity contribution in [3.05, 3.63) is 65.3 Å². The summed E-state index contributed by atoms with van der Waals surface area (Å²) in [5, 5.41) is 6.01. The number of hydrogen-bond acceptors (Lipinski definition) is 6. The Kier molecular flexibility index (Phi) is 6.45. The van der Waals surface area contributed by atoms with Crippen LogP contribution in [-0.2, 0) is 0 Å². The number of halogens is 1. The molecular weight excluding hydrogens is 327 g/mol. The Labute approximate surface area is 146 Å².